The Bertz CT molecular complexity index is 1320. The van der Waals surface area contributed by atoms with E-state index in [1.165, 1.54) is 23.9 Å². The van der Waals surface area contributed by atoms with Crippen LogP contribution in [-0.4, -0.2) is 49.0 Å². The lowest BCUT2D eigenvalue weighted by Gasteiger charge is -2.37. The number of pyridine rings is 1. The Hall–Kier alpha value is -3.43. The van der Waals surface area contributed by atoms with E-state index >= 15 is 0 Å². The minimum absolute atomic E-state index is 0.152. The van der Waals surface area contributed by atoms with Gasteiger partial charge < -0.3 is 9.80 Å². The third-order valence-electron chi connectivity index (χ3n) is 5.80. The number of amides is 1. The number of aromatic nitrogens is 1. The Kier molecular flexibility index (Phi) is 7.25. The van der Waals surface area contributed by atoms with Crippen LogP contribution in [0.4, 0.5) is 15.8 Å². The molecule has 6 nitrogen and oxygen atoms in total. The third-order valence-corrected chi connectivity index (χ3v) is 7.69. The number of hydrazone groups is 1. The molecule has 0 aliphatic carbocycles. The smallest absolute Gasteiger partial charge is 0.250 e. The van der Waals surface area contributed by atoms with Crippen LogP contribution in [0.25, 0.3) is 10.9 Å². The molecule has 2 aromatic heterocycles. The molecule has 0 atom stereocenters. The lowest BCUT2D eigenvalue weighted by Crippen LogP contribution is -2.46. The first kappa shape index (κ1) is 23.3. The largest absolute Gasteiger partial charge is 0.368 e. The molecule has 1 N–H and O–H groups in total. The maximum absolute atomic E-state index is 13.2. The SMILES string of the molecule is O=C(CSc1ccnc2ccc(N3CCN(c4ccc(F)cc4)CC3)cc12)N/N=C/c1cccs1. The molecule has 0 bridgehead atoms. The third kappa shape index (κ3) is 5.80. The second-order valence-electron chi connectivity index (χ2n) is 8.06. The quantitative estimate of drug-likeness (QED) is 0.218. The highest BCUT2D eigenvalue weighted by Crippen LogP contribution is 2.30. The fourth-order valence-corrected chi connectivity index (χ4v) is 5.43. The number of halogens is 1. The average Bonchev–Trinajstić information content (AvgIpc) is 3.41. The first-order chi connectivity index (χ1) is 17.2. The van der Waals surface area contributed by atoms with E-state index in [2.05, 4.69) is 37.4 Å². The minimum Gasteiger partial charge on any atom is -0.368 e. The molecule has 3 heterocycles. The van der Waals surface area contributed by atoms with Gasteiger partial charge in [0.15, 0.2) is 0 Å². The number of anilines is 2. The fourth-order valence-electron chi connectivity index (χ4n) is 4.01. The molecule has 0 spiro atoms. The summed E-state index contributed by atoms with van der Waals surface area (Å²) in [7, 11) is 0. The van der Waals surface area contributed by atoms with E-state index in [-0.39, 0.29) is 17.5 Å². The van der Waals surface area contributed by atoms with Gasteiger partial charge in [0.25, 0.3) is 0 Å². The van der Waals surface area contributed by atoms with E-state index in [1.54, 1.807) is 23.7 Å². The summed E-state index contributed by atoms with van der Waals surface area (Å²) in [5.74, 6) is -0.100. The highest BCUT2D eigenvalue weighted by Gasteiger charge is 2.18. The number of fused-ring (bicyclic) bond motifs is 1. The highest BCUT2D eigenvalue weighted by molar-refractivity contribution is 8.00. The van der Waals surface area contributed by atoms with Crippen molar-refractivity contribution in [2.75, 3.05) is 41.7 Å². The van der Waals surface area contributed by atoms with Gasteiger partial charge in [-0.3, -0.25) is 9.78 Å². The van der Waals surface area contributed by atoms with Gasteiger partial charge in [-0.2, -0.15) is 5.10 Å². The number of nitrogens with zero attached hydrogens (tertiary/aromatic N) is 4. The first-order valence-corrected chi connectivity index (χ1v) is 13.1. The number of benzene rings is 2. The summed E-state index contributed by atoms with van der Waals surface area (Å²) in [6.07, 6.45) is 3.43. The van der Waals surface area contributed by atoms with Gasteiger partial charge in [0.2, 0.25) is 5.91 Å². The molecule has 35 heavy (non-hydrogen) atoms. The van der Waals surface area contributed by atoms with Crippen LogP contribution in [0.15, 0.2) is 82.2 Å². The molecule has 1 amide bonds. The normalized spacial score (nSPS) is 14.1. The number of hydrogen-bond acceptors (Lipinski definition) is 7. The van der Waals surface area contributed by atoms with Gasteiger partial charge in [-0.25, -0.2) is 9.82 Å². The van der Waals surface area contributed by atoms with Crippen LogP contribution in [0.2, 0.25) is 0 Å². The highest BCUT2D eigenvalue weighted by atomic mass is 32.2. The monoisotopic (exact) mass is 505 g/mol. The predicted molar refractivity (Wildman–Crippen MR) is 143 cm³/mol. The molecule has 178 valence electrons. The van der Waals surface area contributed by atoms with Crippen LogP contribution >= 0.6 is 23.1 Å². The van der Waals surface area contributed by atoms with Gasteiger partial charge in [0.05, 0.1) is 17.5 Å². The number of thiophene rings is 1. The molecule has 1 aliphatic rings. The summed E-state index contributed by atoms with van der Waals surface area (Å²) in [6.45, 7) is 3.47. The summed E-state index contributed by atoms with van der Waals surface area (Å²) in [5.41, 5.74) is 5.67. The van der Waals surface area contributed by atoms with E-state index in [9.17, 15) is 9.18 Å². The lowest BCUT2D eigenvalue weighted by atomic mass is 10.1. The van der Waals surface area contributed by atoms with Gasteiger partial charge in [0.1, 0.15) is 5.82 Å². The molecule has 9 heteroatoms. The molecule has 1 fully saturated rings. The Morgan fingerprint density at radius 1 is 1.06 bits per heavy atom. The molecule has 5 rings (SSSR count). The molecule has 0 saturated carbocycles. The van der Waals surface area contributed by atoms with Gasteiger partial charge in [-0.1, -0.05) is 6.07 Å². The number of hydrogen-bond donors (Lipinski definition) is 1. The topological polar surface area (TPSA) is 60.8 Å². The molecule has 1 aliphatic heterocycles. The Labute approximate surface area is 211 Å². The van der Waals surface area contributed by atoms with Crippen LogP contribution in [-0.2, 0) is 4.79 Å². The second kappa shape index (κ2) is 10.9. The van der Waals surface area contributed by atoms with Crippen LogP contribution in [0.1, 0.15) is 4.88 Å². The van der Waals surface area contributed by atoms with E-state index in [0.29, 0.717) is 0 Å². The van der Waals surface area contributed by atoms with Crippen LogP contribution in [0.3, 0.4) is 0 Å². The number of carbonyl (C=O) groups excluding carboxylic acids is 1. The van der Waals surface area contributed by atoms with Gasteiger partial charge >= 0.3 is 0 Å². The molecule has 0 unspecified atom stereocenters. The second-order valence-corrected chi connectivity index (χ2v) is 10.1. The predicted octanol–water partition coefficient (Wildman–Crippen LogP) is 5.00. The molecule has 4 aromatic rings. The summed E-state index contributed by atoms with van der Waals surface area (Å²) >= 11 is 3.04. The minimum atomic E-state index is -0.213. The zero-order valence-electron chi connectivity index (χ0n) is 18.9. The Balaban J connectivity index is 1.22. The zero-order valence-corrected chi connectivity index (χ0v) is 20.6. The van der Waals surface area contributed by atoms with E-state index < -0.39 is 0 Å². The molecule has 1 saturated heterocycles. The Morgan fingerprint density at radius 3 is 2.54 bits per heavy atom. The summed E-state index contributed by atoms with van der Waals surface area (Å²) < 4.78 is 13.2. The van der Waals surface area contributed by atoms with Crippen molar-refractivity contribution in [3.05, 3.63) is 82.9 Å². The summed E-state index contributed by atoms with van der Waals surface area (Å²) in [6, 6.07) is 18.8. The van der Waals surface area contributed by atoms with Gasteiger partial charge in [0, 0.05) is 58.9 Å². The fraction of sp³-hybridized carbons (Fsp3) is 0.192. The van der Waals surface area contributed by atoms with Crippen molar-refractivity contribution in [1.29, 1.82) is 0 Å². The Morgan fingerprint density at radius 2 is 1.80 bits per heavy atom. The van der Waals surface area contributed by atoms with Gasteiger partial charge in [-0.15, -0.1) is 23.1 Å². The van der Waals surface area contributed by atoms with Crippen molar-refractivity contribution in [2.45, 2.75) is 4.90 Å². The number of nitrogens with one attached hydrogen (secondary N) is 1. The van der Waals surface area contributed by atoms with E-state index in [1.807, 2.05) is 41.8 Å². The zero-order chi connectivity index (χ0) is 24.0. The lowest BCUT2D eigenvalue weighted by molar-refractivity contribution is -0.118. The number of thioether (sulfide) groups is 1. The molecular weight excluding hydrogens is 481 g/mol. The van der Waals surface area contributed by atoms with Crippen LogP contribution in [0.5, 0.6) is 0 Å². The first-order valence-electron chi connectivity index (χ1n) is 11.3. The number of rotatable bonds is 7. The number of piperazine rings is 1. The van der Waals surface area contributed by atoms with Crippen molar-refractivity contribution in [3.63, 3.8) is 0 Å². The molecular formula is C26H24FN5OS2. The van der Waals surface area contributed by atoms with Crippen molar-refractivity contribution in [1.82, 2.24) is 10.4 Å². The average molecular weight is 506 g/mol. The summed E-state index contributed by atoms with van der Waals surface area (Å²) in [5, 5.41) is 7.03. The van der Waals surface area contributed by atoms with Crippen molar-refractivity contribution >= 4 is 57.5 Å². The molecule has 2 aromatic carbocycles. The molecule has 0 radical (unpaired) electrons. The van der Waals surface area contributed by atoms with Crippen molar-refractivity contribution < 1.29 is 9.18 Å². The van der Waals surface area contributed by atoms with E-state index in [4.69, 9.17) is 0 Å². The van der Waals surface area contributed by atoms with Crippen molar-refractivity contribution in [2.24, 2.45) is 5.10 Å². The standard InChI is InChI=1S/C26H24FN5OS2/c27-19-3-5-20(6-4-19)31-11-13-32(14-12-31)21-7-8-24-23(16-21)25(9-10-28-24)35-18-26(33)30-29-17-22-2-1-15-34-22/h1-10,15-17H,11-14,18H2,(H,30,33)/b29-17+. The maximum Gasteiger partial charge on any atom is 0.250 e. The number of carbonyl (C=O) groups is 1. The van der Waals surface area contributed by atoms with Crippen molar-refractivity contribution in [3.8, 4) is 0 Å². The van der Waals surface area contributed by atoms with E-state index in [0.717, 1.165) is 58.2 Å². The summed E-state index contributed by atoms with van der Waals surface area (Å²) in [4.78, 5) is 23.4. The van der Waals surface area contributed by atoms with Crippen LogP contribution in [0, 0.1) is 5.82 Å². The van der Waals surface area contributed by atoms with Gasteiger partial charge in [-0.05, 0) is 60.0 Å². The maximum atomic E-state index is 13.2. The van der Waals surface area contributed by atoms with Crippen LogP contribution < -0.4 is 15.2 Å².